The summed E-state index contributed by atoms with van der Waals surface area (Å²) in [5, 5.41) is 2.91. The first-order valence-electron chi connectivity index (χ1n) is 7.89. The second kappa shape index (κ2) is 7.94. The number of benzene rings is 2. The van der Waals surface area contributed by atoms with Crippen LogP contribution in [0.25, 0.3) is 0 Å². The van der Waals surface area contributed by atoms with Crippen molar-refractivity contribution in [3.05, 3.63) is 57.9 Å². The van der Waals surface area contributed by atoms with Crippen LogP contribution in [-0.4, -0.2) is 43.5 Å². The average molecular weight is 439 g/mol. The maximum atomic E-state index is 13.8. The van der Waals surface area contributed by atoms with Crippen molar-refractivity contribution in [3.8, 4) is 0 Å². The molecule has 126 valence electrons. The number of piperazine rings is 1. The fraction of sp³-hybridized carbons (Fsp3) is 0.278. The summed E-state index contributed by atoms with van der Waals surface area (Å²) in [4.78, 5) is 16.3. The molecule has 0 radical (unpaired) electrons. The second-order valence-electron chi connectivity index (χ2n) is 5.77. The molecule has 1 aliphatic heterocycles. The lowest BCUT2D eigenvalue weighted by Crippen LogP contribution is -2.48. The molecule has 0 aliphatic carbocycles. The minimum atomic E-state index is -0.192. The second-order valence-corrected chi connectivity index (χ2v) is 7.02. The topological polar surface area (TPSA) is 35.6 Å². The van der Waals surface area contributed by atoms with Gasteiger partial charge in [-0.05, 0) is 59.0 Å². The van der Waals surface area contributed by atoms with Crippen molar-refractivity contribution in [2.45, 2.75) is 0 Å². The first-order chi connectivity index (χ1) is 11.6. The number of carbonyl (C=O) groups excluding carboxylic acids is 1. The zero-order valence-electron chi connectivity index (χ0n) is 13.2. The van der Waals surface area contributed by atoms with E-state index in [4.69, 9.17) is 0 Å². The van der Waals surface area contributed by atoms with Gasteiger partial charge in [-0.1, -0.05) is 12.1 Å². The van der Waals surface area contributed by atoms with E-state index in [1.165, 1.54) is 6.07 Å². The van der Waals surface area contributed by atoms with Crippen LogP contribution in [0.2, 0.25) is 0 Å². The van der Waals surface area contributed by atoms with Crippen molar-refractivity contribution in [2.75, 3.05) is 42.9 Å². The van der Waals surface area contributed by atoms with Crippen LogP contribution in [0.1, 0.15) is 0 Å². The van der Waals surface area contributed by atoms with Gasteiger partial charge in [0.2, 0.25) is 5.91 Å². The highest BCUT2D eigenvalue weighted by atomic mass is 127. The third-order valence-electron chi connectivity index (χ3n) is 4.06. The Balaban J connectivity index is 1.49. The number of para-hydroxylation sites is 1. The zero-order valence-corrected chi connectivity index (χ0v) is 15.4. The SMILES string of the molecule is O=C(CN1CCN(c2ccccc2F)CC1)Nc1ccc(I)cc1. The standard InChI is InChI=1S/C18H19FIN3O/c19-16-3-1-2-4-17(16)23-11-9-22(10-12-23)13-18(24)21-15-7-5-14(20)6-8-15/h1-8H,9-13H2,(H,21,24). The Hall–Kier alpha value is -1.67. The van der Waals surface area contributed by atoms with E-state index in [-0.39, 0.29) is 11.7 Å². The summed E-state index contributed by atoms with van der Waals surface area (Å²) in [5.74, 6) is -0.210. The fourth-order valence-corrected chi connectivity index (χ4v) is 3.15. The molecule has 24 heavy (non-hydrogen) atoms. The number of hydrogen-bond acceptors (Lipinski definition) is 3. The van der Waals surface area contributed by atoms with Crippen LogP contribution in [0.4, 0.5) is 15.8 Å². The van der Waals surface area contributed by atoms with Gasteiger partial charge in [0.25, 0.3) is 0 Å². The van der Waals surface area contributed by atoms with Crippen molar-refractivity contribution in [3.63, 3.8) is 0 Å². The lowest BCUT2D eigenvalue weighted by molar-refractivity contribution is -0.117. The van der Waals surface area contributed by atoms with Crippen molar-refractivity contribution in [1.82, 2.24) is 4.90 Å². The van der Waals surface area contributed by atoms with Gasteiger partial charge in [0.15, 0.2) is 0 Å². The highest BCUT2D eigenvalue weighted by Crippen LogP contribution is 2.20. The molecule has 1 heterocycles. The van der Waals surface area contributed by atoms with Gasteiger partial charge in [-0.2, -0.15) is 0 Å². The molecule has 0 bridgehead atoms. The molecule has 3 rings (SSSR count). The molecule has 1 N–H and O–H groups in total. The van der Waals surface area contributed by atoms with E-state index in [1.54, 1.807) is 12.1 Å². The zero-order chi connectivity index (χ0) is 16.9. The number of carbonyl (C=O) groups is 1. The summed E-state index contributed by atoms with van der Waals surface area (Å²) in [7, 11) is 0. The number of nitrogens with one attached hydrogen (secondary N) is 1. The molecule has 2 aromatic rings. The first-order valence-corrected chi connectivity index (χ1v) is 8.97. The van der Waals surface area contributed by atoms with Crippen molar-refractivity contribution >= 4 is 39.9 Å². The molecule has 1 saturated heterocycles. The van der Waals surface area contributed by atoms with E-state index in [9.17, 15) is 9.18 Å². The highest BCUT2D eigenvalue weighted by Gasteiger charge is 2.20. The Kier molecular flexibility index (Phi) is 5.68. The Morgan fingerprint density at radius 1 is 1.04 bits per heavy atom. The molecule has 0 saturated carbocycles. The van der Waals surface area contributed by atoms with Gasteiger partial charge in [-0.15, -0.1) is 0 Å². The van der Waals surface area contributed by atoms with Crippen molar-refractivity contribution < 1.29 is 9.18 Å². The fourth-order valence-electron chi connectivity index (χ4n) is 2.79. The lowest BCUT2D eigenvalue weighted by Gasteiger charge is -2.35. The summed E-state index contributed by atoms with van der Waals surface area (Å²) >= 11 is 2.23. The molecule has 0 atom stereocenters. The van der Waals surface area contributed by atoms with Gasteiger partial charge in [0.1, 0.15) is 5.82 Å². The number of hydrogen-bond donors (Lipinski definition) is 1. The maximum absolute atomic E-state index is 13.8. The Labute approximate surface area is 154 Å². The molecule has 0 spiro atoms. The minimum absolute atomic E-state index is 0.0180. The number of rotatable bonds is 4. The lowest BCUT2D eigenvalue weighted by atomic mass is 10.2. The number of nitrogens with zero attached hydrogens (tertiary/aromatic N) is 2. The van der Waals surface area contributed by atoms with Crippen LogP contribution >= 0.6 is 22.6 Å². The van der Waals surface area contributed by atoms with Crippen molar-refractivity contribution in [1.29, 1.82) is 0 Å². The maximum Gasteiger partial charge on any atom is 0.238 e. The highest BCUT2D eigenvalue weighted by molar-refractivity contribution is 14.1. The number of halogens is 2. The van der Waals surface area contributed by atoms with Crippen LogP contribution < -0.4 is 10.2 Å². The third-order valence-corrected chi connectivity index (χ3v) is 4.78. The molecule has 4 nitrogen and oxygen atoms in total. The quantitative estimate of drug-likeness (QED) is 0.744. The average Bonchev–Trinajstić information content (AvgIpc) is 2.58. The van der Waals surface area contributed by atoms with E-state index in [1.807, 2.05) is 35.2 Å². The Bertz CT molecular complexity index is 700. The van der Waals surface area contributed by atoms with Crippen LogP contribution in [0.3, 0.4) is 0 Å². The van der Waals surface area contributed by atoms with E-state index < -0.39 is 0 Å². The predicted octanol–water partition coefficient (Wildman–Crippen LogP) is 3.19. The molecular formula is C18H19FIN3O. The first kappa shape index (κ1) is 17.2. The molecule has 6 heteroatoms. The summed E-state index contributed by atoms with van der Waals surface area (Å²) in [6.45, 7) is 3.29. The molecule has 2 aromatic carbocycles. The van der Waals surface area contributed by atoms with Crippen LogP contribution in [0, 0.1) is 9.39 Å². The van der Waals surface area contributed by atoms with E-state index >= 15 is 0 Å². The molecule has 1 aliphatic rings. The molecular weight excluding hydrogens is 420 g/mol. The van der Waals surface area contributed by atoms with Gasteiger partial charge in [-0.25, -0.2) is 4.39 Å². The van der Waals surface area contributed by atoms with Gasteiger partial charge in [0.05, 0.1) is 12.2 Å². The van der Waals surface area contributed by atoms with Crippen LogP contribution in [-0.2, 0) is 4.79 Å². The summed E-state index contributed by atoms with van der Waals surface area (Å²) in [6.07, 6.45) is 0. The van der Waals surface area contributed by atoms with Gasteiger partial charge >= 0.3 is 0 Å². The van der Waals surface area contributed by atoms with Gasteiger partial charge in [-0.3, -0.25) is 9.69 Å². The van der Waals surface area contributed by atoms with E-state index in [0.717, 1.165) is 35.4 Å². The smallest absolute Gasteiger partial charge is 0.238 e. The molecule has 0 unspecified atom stereocenters. The Morgan fingerprint density at radius 2 is 1.71 bits per heavy atom. The predicted molar refractivity (Wildman–Crippen MR) is 103 cm³/mol. The number of amides is 1. The summed E-state index contributed by atoms with van der Waals surface area (Å²) in [5.41, 5.74) is 1.45. The van der Waals surface area contributed by atoms with E-state index in [0.29, 0.717) is 12.2 Å². The number of anilines is 2. The van der Waals surface area contributed by atoms with E-state index in [2.05, 4.69) is 32.8 Å². The van der Waals surface area contributed by atoms with Gasteiger partial charge < -0.3 is 10.2 Å². The minimum Gasteiger partial charge on any atom is -0.367 e. The third kappa shape index (κ3) is 4.45. The van der Waals surface area contributed by atoms with Crippen molar-refractivity contribution in [2.24, 2.45) is 0 Å². The molecule has 0 aromatic heterocycles. The molecule has 1 amide bonds. The Morgan fingerprint density at radius 3 is 2.38 bits per heavy atom. The van der Waals surface area contributed by atoms with Gasteiger partial charge in [0, 0.05) is 35.4 Å². The molecule has 1 fully saturated rings. The monoisotopic (exact) mass is 439 g/mol. The normalized spacial score (nSPS) is 15.3. The summed E-state index contributed by atoms with van der Waals surface area (Å²) < 4.78 is 15.0. The largest absolute Gasteiger partial charge is 0.367 e. The summed E-state index contributed by atoms with van der Waals surface area (Å²) in [6, 6.07) is 14.5. The van der Waals surface area contributed by atoms with Crippen LogP contribution in [0.15, 0.2) is 48.5 Å². The van der Waals surface area contributed by atoms with Crippen LogP contribution in [0.5, 0.6) is 0 Å².